The normalized spacial score (nSPS) is 34.2. The van der Waals surface area contributed by atoms with E-state index in [2.05, 4.69) is 29.2 Å². The maximum atomic E-state index is 9.56. The lowest BCUT2D eigenvalue weighted by Gasteiger charge is -2.29. The second-order valence-corrected chi connectivity index (χ2v) is 5.47. The first-order chi connectivity index (χ1) is 7.86. The molecule has 2 aliphatic rings. The summed E-state index contributed by atoms with van der Waals surface area (Å²) in [5.74, 6) is 0.947. The van der Waals surface area contributed by atoms with Gasteiger partial charge in [-0.3, -0.25) is 4.90 Å². The predicted molar refractivity (Wildman–Crippen MR) is 64.1 cm³/mol. The van der Waals surface area contributed by atoms with Crippen molar-refractivity contribution in [3.63, 3.8) is 0 Å². The number of nitrogens with zero attached hydrogens (tertiary/aromatic N) is 1. The molecule has 0 unspecified atom stereocenters. The molecule has 0 saturated carbocycles. The maximum absolute atomic E-state index is 9.56. The van der Waals surface area contributed by atoms with Crippen LogP contribution < -0.4 is 0 Å². The van der Waals surface area contributed by atoms with Crippen LogP contribution >= 0.6 is 11.8 Å². The molecule has 2 aliphatic heterocycles. The molecule has 86 valence electrons. The highest BCUT2D eigenvalue weighted by Gasteiger charge is 2.50. The maximum Gasteiger partial charge on any atom is 0.101 e. The number of hydrogen-bond donors (Lipinski definition) is 1. The zero-order valence-electron chi connectivity index (χ0n) is 9.00. The third-order valence-corrected chi connectivity index (χ3v) is 4.93. The number of aliphatic hydroxyl groups is 1. The molecule has 3 nitrogen and oxygen atoms in total. The minimum Gasteiger partial charge on any atom is -0.394 e. The molecule has 2 saturated heterocycles. The highest BCUT2D eigenvalue weighted by Crippen LogP contribution is 2.48. The zero-order chi connectivity index (χ0) is 11.0. The van der Waals surface area contributed by atoms with Gasteiger partial charge >= 0.3 is 0 Å². The van der Waals surface area contributed by atoms with Crippen molar-refractivity contribution < 1.29 is 9.84 Å². The van der Waals surface area contributed by atoms with Crippen molar-refractivity contribution in [3.05, 3.63) is 35.9 Å². The molecular formula is C12H15NO2S. The first-order valence-electron chi connectivity index (χ1n) is 5.48. The van der Waals surface area contributed by atoms with Crippen molar-refractivity contribution in [2.45, 2.75) is 10.9 Å². The van der Waals surface area contributed by atoms with E-state index in [-0.39, 0.29) is 12.1 Å². The van der Waals surface area contributed by atoms with Crippen molar-refractivity contribution in [1.29, 1.82) is 0 Å². The van der Waals surface area contributed by atoms with E-state index in [1.807, 2.05) is 17.8 Å². The molecule has 1 aromatic carbocycles. The Balaban J connectivity index is 1.90. The number of thioether (sulfide) groups is 1. The second kappa shape index (κ2) is 4.04. The van der Waals surface area contributed by atoms with E-state index in [9.17, 15) is 5.11 Å². The third-order valence-electron chi connectivity index (χ3n) is 3.38. The Labute approximate surface area is 99.4 Å². The SMILES string of the molecule is OC[C@@]12COCN1[C@@H](c1ccccc1)SC2. The van der Waals surface area contributed by atoms with Gasteiger partial charge in [-0.15, -0.1) is 11.8 Å². The molecule has 0 bridgehead atoms. The Hall–Kier alpha value is -0.550. The lowest BCUT2D eigenvalue weighted by molar-refractivity contribution is 0.0907. The van der Waals surface area contributed by atoms with Gasteiger partial charge in [-0.2, -0.15) is 0 Å². The molecule has 0 aliphatic carbocycles. The van der Waals surface area contributed by atoms with Crippen molar-refractivity contribution in [3.8, 4) is 0 Å². The number of hydrogen-bond acceptors (Lipinski definition) is 4. The topological polar surface area (TPSA) is 32.7 Å². The Bertz CT molecular complexity index is 373. The highest BCUT2D eigenvalue weighted by atomic mass is 32.2. The summed E-state index contributed by atoms with van der Waals surface area (Å²) in [5, 5.41) is 9.89. The highest BCUT2D eigenvalue weighted by molar-refractivity contribution is 7.99. The lowest BCUT2D eigenvalue weighted by atomic mass is 10.0. The molecule has 16 heavy (non-hydrogen) atoms. The van der Waals surface area contributed by atoms with Gasteiger partial charge in [0.15, 0.2) is 0 Å². The van der Waals surface area contributed by atoms with Gasteiger partial charge in [0, 0.05) is 5.75 Å². The van der Waals surface area contributed by atoms with Crippen LogP contribution in [-0.2, 0) is 4.74 Å². The first kappa shape index (κ1) is 10.6. The minimum atomic E-state index is -0.148. The summed E-state index contributed by atoms with van der Waals surface area (Å²) < 4.78 is 5.51. The van der Waals surface area contributed by atoms with Crippen molar-refractivity contribution in [2.24, 2.45) is 0 Å². The van der Waals surface area contributed by atoms with Crippen LogP contribution in [0.3, 0.4) is 0 Å². The first-order valence-corrected chi connectivity index (χ1v) is 6.52. The van der Waals surface area contributed by atoms with E-state index < -0.39 is 0 Å². The molecule has 1 aromatic rings. The molecule has 0 radical (unpaired) electrons. The molecule has 2 atom stereocenters. The number of rotatable bonds is 2. The van der Waals surface area contributed by atoms with Crippen molar-refractivity contribution in [2.75, 3.05) is 25.7 Å². The van der Waals surface area contributed by atoms with Crippen molar-refractivity contribution in [1.82, 2.24) is 4.90 Å². The Kier molecular flexibility index (Phi) is 2.67. The van der Waals surface area contributed by atoms with Crippen LogP contribution in [0.1, 0.15) is 10.9 Å². The van der Waals surface area contributed by atoms with Crippen LogP contribution in [0, 0.1) is 0 Å². The summed E-state index contributed by atoms with van der Waals surface area (Å²) in [6, 6.07) is 10.4. The summed E-state index contributed by atoms with van der Waals surface area (Å²) >= 11 is 1.90. The van der Waals surface area contributed by atoms with Gasteiger partial charge in [0.25, 0.3) is 0 Å². The second-order valence-electron chi connectivity index (χ2n) is 4.40. The van der Waals surface area contributed by atoms with Gasteiger partial charge in [0.2, 0.25) is 0 Å². The summed E-state index contributed by atoms with van der Waals surface area (Å²) in [6.07, 6.45) is 0. The van der Waals surface area contributed by atoms with Gasteiger partial charge < -0.3 is 9.84 Å². The smallest absolute Gasteiger partial charge is 0.101 e. The van der Waals surface area contributed by atoms with E-state index in [1.54, 1.807) is 0 Å². The van der Waals surface area contributed by atoms with Gasteiger partial charge in [0.1, 0.15) is 6.73 Å². The van der Waals surface area contributed by atoms with Crippen LogP contribution in [-0.4, -0.2) is 41.2 Å². The van der Waals surface area contributed by atoms with Crippen molar-refractivity contribution >= 4 is 11.8 Å². The van der Waals surface area contributed by atoms with E-state index >= 15 is 0 Å². The average molecular weight is 237 g/mol. The fourth-order valence-corrected chi connectivity index (χ4v) is 4.02. The third kappa shape index (κ3) is 1.49. The number of ether oxygens (including phenoxy) is 1. The Morgan fingerprint density at radius 1 is 1.44 bits per heavy atom. The Morgan fingerprint density at radius 2 is 2.25 bits per heavy atom. The van der Waals surface area contributed by atoms with Crippen LogP contribution in [0.15, 0.2) is 30.3 Å². The standard InChI is InChI=1S/C12H15NO2S/c14-6-12-7-15-9-13(12)11(16-8-12)10-4-2-1-3-5-10/h1-5,11,14H,6-9H2/t11-,12+/m1/s1. The summed E-state index contributed by atoms with van der Waals surface area (Å²) in [5.41, 5.74) is 1.15. The molecule has 0 aromatic heterocycles. The van der Waals surface area contributed by atoms with E-state index in [0.717, 1.165) is 5.75 Å². The lowest BCUT2D eigenvalue weighted by Crippen LogP contribution is -2.46. The average Bonchev–Trinajstić information content (AvgIpc) is 2.88. The minimum absolute atomic E-state index is 0.148. The quantitative estimate of drug-likeness (QED) is 0.844. The number of fused-ring (bicyclic) bond motifs is 1. The van der Waals surface area contributed by atoms with Crippen LogP contribution in [0.25, 0.3) is 0 Å². The monoisotopic (exact) mass is 237 g/mol. The van der Waals surface area contributed by atoms with E-state index in [0.29, 0.717) is 18.7 Å². The molecule has 1 N–H and O–H groups in total. The van der Waals surface area contributed by atoms with Crippen LogP contribution in [0.5, 0.6) is 0 Å². The van der Waals surface area contributed by atoms with Crippen LogP contribution in [0.4, 0.5) is 0 Å². The van der Waals surface area contributed by atoms with E-state index in [4.69, 9.17) is 4.74 Å². The summed E-state index contributed by atoms with van der Waals surface area (Å²) in [7, 11) is 0. The largest absolute Gasteiger partial charge is 0.394 e. The van der Waals surface area contributed by atoms with Gasteiger partial charge in [-0.05, 0) is 5.56 Å². The van der Waals surface area contributed by atoms with Gasteiger partial charge in [-0.25, -0.2) is 0 Å². The fraction of sp³-hybridized carbons (Fsp3) is 0.500. The number of benzene rings is 1. The fourth-order valence-electron chi connectivity index (χ4n) is 2.39. The van der Waals surface area contributed by atoms with E-state index in [1.165, 1.54) is 5.56 Å². The molecular weight excluding hydrogens is 222 g/mol. The molecule has 2 fully saturated rings. The summed E-state index contributed by atoms with van der Waals surface area (Å²) in [4.78, 5) is 2.28. The molecule has 4 heteroatoms. The Morgan fingerprint density at radius 3 is 3.00 bits per heavy atom. The van der Waals surface area contributed by atoms with Crippen LogP contribution in [0.2, 0.25) is 0 Å². The zero-order valence-corrected chi connectivity index (χ0v) is 9.82. The van der Waals surface area contributed by atoms with Gasteiger partial charge in [-0.1, -0.05) is 30.3 Å². The predicted octanol–water partition coefficient (Wildman–Crippen LogP) is 1.45. The summed E-state index contributed by atoms with van der Waals surface area (Å²) in [6.45, 7) is 1.47. The molecule has 2 heterocycles. The molecule has 0 amide bonds. The molecule has 3 rings (SSSR count). The van der Waals surface area contributed by atoms with Gasteiger partial charge in [0.05, 0.1) is 24.1 Å². The number of aliphatic hydroxyl groups excluding tert-OH is 1. The molecule has 0 spiro atoms.